The number of benzene rings is 1. The van der Waals surface area contributed by atoms with Gasteiger partial charge in [0.2, 0.25) is 5.91 Å². The number of nitrogens with one attached hydrogen (secondary N) is 1. The molecule has 1 amide bonds. The molecule has 21 heavy (non-hydrogen) atoms. The van der Waals surface area contributed by atoms with Crippen LogP contribution in [0.2, 0.25) is 0 Å². The molecule has 0 fully saturated rings. The van der Waals surface area contributed by atoms with Crippen molar-refractivity contribution in [3.63, 3.8) is 0 Å². The number of rotatable bonds is 8. The maximum Gasteiger partial charge on any atom is 0.220 e. The van der Waals surface area contributed by atoms with Gasteiger partial charge in [0, 0.05) is 12.8 Å². The zero-order valence-electron chi connectivity index (χ0n) is 12.4. The van der Waals surface area contributed by atoms with Gasteiger partial charge in [-0.2, -0.15) is 11.8 Å². The van der Waals surface area contributed by atoms with Crippen molar-refractivity contribution in [1.82, 2.24) is 5.32 Å². The number of hydrogen-bond donors (Lipinski definition) is 2. The van der Waals surface area contributed by atoms with E-state index in [4.69, 9.17) is 4.74 Å². The van der Waals surface area contributed by atoms with Gasteiger partial charge < -0.3 is 15.2 Å². The van der Waals surface area contributed by atoms with Gasteiger partial charge in [-0.3, -0.25) is 4.79 Å². The normalized spacial score (nSPS) is 14.4. The molecule has 0 aliphatic carbocycles. The molecule has 0 bridgehead atoms. The van der Waals surface area contributed by atoms with Crippen LogP contribution in [0.5, 0.6) is 5.75 Å². The average molecular weight is 309 g/mol. The lowest BCUT2D eigenvalue weighted by Crippen LogP contribution is -2.38. The number of carbonyl (C=O) groups is 1. The molecule has 1 atom stereocenters. The number of ether oxygens (including phenoxy) is 1. The minimum absolute atomic E-state index is 0.00246. The Morgan fingerprint density at radius 1 is 1.52 bits per heavy atom. The van der Waals surface area contributed by atoms with Crippen LogP contribution in [0.4, 0.5) is 0 Å². The Morgan fingerprint density at radius 2 is 2.38 bits per heavy atom. The predicted octanol–water partition coefficient (Wildman–Crippen LogP) is 1.78. The number of amides is 1. The zero-order valence-corrected chi connectivity index (χ0v) is 13.2. The Labute approximate surface area is 130 Å². The van der Waals surface area contributed by atoms with E-state index in [0.717, 1.165) is 37.4 Å². The van der Waals surface area contributed by atoms with Gasteiger partial charge in [0.15, 0.2) is 0 Å². The first-order valence-electron chi connectivity index (χ1n) is 7.36. The first-order chi connectivity index (χ1) is 10.2. The van der Waals surface area contributed by atoms with Crippen LogP contribution < -0.4 is 10.1 Å². The molecule has 0 saturated heterocycles. The van der Waals surface area contributed by atoms with Gasteiger partial charge in [0.1, 0.15) is 5.75 Å². The van der Waals surface area contributed by atoms with Crippen LogP contribution in [0.25, 0.3) is 0 Å². The number of fused-ring (bicyclic) bond motifs is 1. The molecule has 116 valence electrons. The van der Waals surface area contributed by atoms with Crippen molar-refractivity contribution < 1.29 is 14.6 Å². The average Bonchev–Trinajstić information content (AvgIpc) is 2.96. The van der Waals surface area contributed by atoms with E-state index >= 15 is 0 Å². The lowest BCUT2D eigenvalue weighted by molar-refractivity contribution is -0.122. The minimum atomic E-state index is -0.127. The fraction of sp³-hybridized carbons (Fsp3) is 0.562. The van der Waals surface area contributed by atoms with Crippen molar-refractivity contribution in [2.75, 3.05) is 25.2 Å². The number of hydrogen-bond acceptors (Lipinski definition) is 4. The summed E-state index contributed by atoms with van der Waals surface area (Å²) in [6.07, 6.45) is 4.96. The molecule has 1 aliphatic rings. The van der Waals surface area contributed by atoms with E-state index in [0.29, 0.717) is 6.42 Å². The van der Waals surface area contributed by atoms with Gasteiger partial charge in [-0.15, -0.1) is 0 Å². The Kier molecular flexibility index (Phi) is 6.39. The summed E-state index contributed by atoms with van der Waals surface area (Å²) in [6.45, 7) is 0.759. The van der Waals surface area contributed by atoms with Gasteiger partial charge in [0.25, 0.3) is 0 Å². The highest BCUT2D eigenvalue weighted by Gasteiger charge is 2.14. The summed E-state index contributed by atoms with van der Waals surface area (Å²) in [7, 11) is 0. The van der Waals surface area contributed by atoms with Crippen LogP contribution in [0.15, 0.2) is 18.2 Å². The summed E-state index contributed by atoms with van der Waals surface area (Å²) in [6, 6.07) is 6.02. The van der Waals surface area contributed by atoms with Crippen LogP contribution in [0.3, 0.4) is 0 Å². The van der Waals surface area contributed by atoms with Crippen molar-refractivity contribution in [2.45, 2.75) is 31.7 Å². The molecule has 1 unspecified atom stereocenters. The van der Waals surface area contributed by atoms with E-state index in [2.05, 4.69) is 11.4 Å². The summed E-state index contributed by atoms with van der Waals surface area (Å²) < 4.78 is 5.47. The summed E-state index contributed by atoms with van der Waals surface area (Å²) in [5, 5.41) is 12.2. The molecule has 1 heterocycles. The standard InChI is InChI=1S/C16H23NO3S/c1-21-9-7-14(11-18)17-16(19)5-3-12-2-4-15-13(10-12)6-8-20-15/h2,4,10,14,18H,3,5-9,11H2,1H3,(H,17,19). The molecule has 0 spiro atoms. The molecule has 0 aromatic heterocycles. The lowest BCUT2D eigenvalue weighted by atomic mass is 10.0. The molecule has 4 nitrogen and oxygen atoms in total. The number of aliphatic hydroxyl groups is 1. The monoisotopic (exact) mass is 309 g/mol. The van der Waals surface area contributed by atoms with Gasteiger partial charge in [-0.1, -0.05) is 12.1 Å². The van der Waals surface area contributed by atoms with Crippen LogP contribution in [0, 0.1) is 0 Å². The first-order valence-corrected chi connectivity index (χ1v) is 8.76. The quantitative estimate of drug-likeness (QED) is 0.768. The third-order valence-electron chi connectivity index (χ3n) is 3.65. The molecule has 5 heteroatoms. The molecule has 2 rings (SSSR count). The highest BCUT2D eigenvalue weighted by Crippen LogP contribution is 2.26. The molecular weight excluding hydrogens is 286 g/mol. The molecule has 2 N–H and O–H groups in total. The maximum atomic E-state index is 11.9. The number of aliphatic hydroxyl groups excluding tert-OH is 1. The van der Waals surface area contributed by atoms with Crippen molar-refractivity contribution in [1.29, 1.82) is 0 Å². The van der Waals surface area contributed by atoms with E-state index in [1.807, 2.05) is 18.4 Å². The van der Waals surface area contributed by atoms with Crippen molar-refractivity contribution in [2.24, 2.45) is 0 Å². The second kappa shape index (κ2) is 8.29. The van der Waals surface area contributed by atoms with Crippen molar-refractivity contribution in [3.05, 3.63) is 29.3 Å². The third-order valence-corrected chi connectivity index (χ3v) is 4.29. The summed E-state index contributed by atoms with van der Waals surface area (Å²) in [5.74, 6) is 1.92. The Balaban J connectivity index is 1.78. The largest absolute Gasteiger partial charge is 0.493 e. The van der Waals surface area contributed by atoms with E-state index in [1.165, 1.54) is 11.1 Å². The van der Waals surface area contributed by atoms with E-state index in [9.17, 15) is 9.90 Å². The fourth-order valence-electron chi connectivity index (χ4n) is 2.42. The molecule has 0 saturated carbocycles. The Morgan fingerprint density at radius 3 is 3.14 bits per heavy atom. The summed E-state index contributed by atoms with van der Waals surface area (Å²) in [5.41, 5.74) is 2.40. The molecular formula is C16H23NO3S. The predicted molar refractivity (Wildman–Crippen MR) is 86.0 cm³/mol. The van der Waals surface area contributed by atoms with Gasteiger partial charge in [0.05, 0.1) is 19.3 Å². The Hall–Kier alpha value is -1.20. The molecule has 1 aliphatic heterocycles. The van der Waals surface area contributed by atoms with Crippen LogP contribution in [-0.4, -0.2) is 42.3 Å². The second-order valence-corrected chi connectivity index (χ2v) is 6.25. The van der Waals surface area contributed by atoms with Crippen LogP contribution in [-0.2, 0) is 17.6 Å². The van der Waals surface area contributed by atoms with Gasteiger partial charge in [-0.25, -0.2) is 0 Å². The molecule has 1 aromatic rings. The summed E-state index contributed by atoms with van der Waals surface area (Å²) >= 11 is 1.72. The maximum absolute atomic E-state index is 11.9. The highest BCUT2D eigenvalue weighted by molar-refractivity contribution is 7.98. The second-order valence-electron chi connectivity index (χ2n) is 5.27. The van der Waals surface area contributed by atoms with E-state index < -0.39 is 0 Å². The summed E-state index contributed by atoms with van der Waals surface area (Å²) in [4.78, 5) is 11.9. The zero-order chi connectivity index (χ0) is 15.1. The molecule has 0 radical (unpaired) electrons. The topological polar surface area (TPSA) is 58.6 Å². The van der Waals surface area contributed by atoms with Crippen LogP contribution in [0.1, 0.15) is 24.0 Å². The van der Waals surface area contributed by atoms with Crippen LogP contribution >= 0.6 is 11.8 Å². The smallest absolute Gasteiger partial charge is 0.220 e. The highest BCUT2D eigenvalue weighted by atomic mass is 32.2. The first kappa shape index (κ1) is 16.2. The lowest BCUT2D eigenvalue weighted by Gasteiger charge is -2.15. The van der Waals surface area contributed by atoms with Crippen molar-refractivity contribution >= 4 is 17.7 Å². The van der Waals surface area contributed by atoms with E-state index in [-0.39, 0.29) is 18.6 Å². The number of carbonyl (C=O) groups excluding carboxylic acids is 1. The SMILES string of the molecule is CSCCC(CO)NC(=O)CCc1ccc2c(c1)CCO2. The van der Waals surface area contributed by atoms with Gasteiger partial charge in [-0.05, 0) is 42.0 Å². The number of thioether (sulfide) groups is 1. The number of aryl methyl sites for hydroxylation is 1. The van der Waals surface area contributed by atoms with Gasteiger partial charge >= 0.3 is 0 Å². The minimum Gasteiger partial charge on any atom is -0.493 e. The molecule has 1 aromatic carbocycles. The van der Waals surface area contributed by atoms with Crippen molar-refractivity contribution in [3.8, 4) is 5.75 Å². The fourth-order valence-corrected chi connectivity index (χ4v) is 2.94. The Bertz CT molecular complexity index is 479. The third kappa shape index (κ3) is 4.93. The van der Waals surface area contributed by atoms with E-state index in [1.54, 1.807) is 11.8 Å².